The zero-order valence-corrected chi connectivity index (χ0v) is 21.7. The Morgan fingerprint density at radius 3 is 2.45 bits per heavy atom. The normalized spacial score (nSPS) is 22.9. The maximum atomic E-state index is 14.2. The van der Waals surface area contributed by atoms with Gasteiger partial charge in [0.15, 0.2) is 0 Å². The molecule has 6 nitrogen and oxygen atoms in total. The highest BCUT2D eigenvalue weighted by molar-refractivity contribution is 5.90. The minimum absolute atomic E-state index is 0.206. The number of nitrogens with zero attached hydrogens (tertiary/aromatic N) is 1. The van der Waals surface area contributed by atoms with Gasteiger partial charge in [0.2, 0.25) is 0 Å². The first-order chi connectivity index (χ1) is 19.1. The number of rotatable bonds is 5. The standard InChI is InChI=1S/C30H30F4N2O4/c31-24-11-10-23(30(32,33)34)17-25(24)35-29(39)36-13-14-40-27-16-22(9-12-26(27)36)21-7-5-20(6-8-21)19-3-1-18(2-4-19)15-28(37)38/h5-11,16-19,26H,1-4,12-15H2,(H,35,39)(H,37,38). The number of halogens is 4. The van der Waals surface area contributed by atoms with E-state index in [0.29, 0.717) is 36.3 Å². The number of amides is 2. The van der Waals surface area contributed by atoms with Crippen molar-refractivity contribution in [3.8, 4) is 0 Å². The minimum Gasteiger partial charge on any atom is -0.494 e. The van der Waals surface area contributed by atoms with Gasteiger partial charge in [0, 0.05) is 6.42 Å². The van der Waals surface area contributed by atoms with Gasteiger partial charge in [-0.15, -0.1) is 0 Å². The Labute approximate surface area is 229 Å². The zero-order chi connectivity index (χ0) is 28.4. The van der Waals surface area contributed by atoms with E-state index in [0.717, 1.165) is 36.8 Å². The number of carbonyl (C=O) groups is 2. The second kappa shape index (κ2) is 11.3. The molecule has 5 rings (SSSR count). The lowest BCUT2D eigenvalue weighted by Crippen LogP contribution is -2.49. The van der Waals surface area contributed by atoms with Crippen molar-refractivity contribution in [2.45, 2.75) is 56.7 Å². The Balaban J connectivity index is 1.23. The van der Waals surface area contributed by atoms with Crippen LogP contribution in [0.1, 0.15) is 61.1 Å². The van der Waals surface area contributed by atoms with Gasteiger partial charge in [0.25, 0.3) is 0 Å². The Morgan fingerprint density at radius 1 is 1.05 bits per heavy atom. The summed E-state index contributed by atoms with van der Waals surface area (Å²) in [6.07, 6.45) is 3.65. The highest BCUT2D eigenvalue weighted by Crippen LogP contribution is 2.38. The number of carboxylic acids is 1. The molecule has 1 saturated carbocycles. The van der Waals surface area contributed by atoms with Gasteiger partial charge in [0.1, 0.15) is 18.2 Å². The van der Waals surface area contributed by atoms with E-state index in [1.807, 2.05) is 24.3 Å². The molecule has 0 radical (unpaired) electrons. The van der Waals surface area contributed by atoms with Gasteiger partial charge < -0.3 is 20.1 Å². The molecule has 2 fully saturated rings. The fourth-order valence-electron chi connectivity index (χ4n) is 5.82. The number of alkyl halides is 3. The second-order valence-electron chi connectivity index (χ2n) is 10.6. The molecule has 40 heavy (non-hydrogen) atoms. The summed E-state index contributed by atoms with van der Waals surface area (Å²) in [5, 5.41) is 11.3. The van der Waals surface area contributed by atoms with E-state index in [4.69, 9.17) is 9.84 Å². The van der Waals surface area contributed by atoms with E-state index in [1.165, 1.54) is 10.5 Å². The summed E-state index contributed by atoms with van der Waals surface area (Å²) in [4.78, 5) is 25.4. The summed E-state index contributed by atoms with van der Waals surface area (Å²) in [6.45, 7) is 0.415. The lowest BCUT2D eigenvalue weighted by atomic mass is 9.77. The van der Waals surface area contributed by atoms with Crippen molar-refractivity contribution in [1.82, 2.24) is 4.90 Å². The van der Waals surface area contributed by atoms with E-state index in [-0.39, 0.29) is 25.5 Å². The zero-order valence-electron chi connectivity index (χ0n) is 21.7. The number of nitrogens with one attached hydrogen (secondary N) is 1. The number of hydrogen-bond acceptors (Lipinski definition) is 3. The van der Waals surface area contributed by atoms with Crippen molar-refractivity contribution < 1.29 is 37.0 Å². The van der Waals surface area contributed by atoms with Crippen LogP contribution in [-0.4, -0.2) is 41.2 Å². The Morgan fingerprint density at radius 2 is 1.77 bits per heavy atom. The van der Waals surface area contributed by atoms with Crippen molar-refractivity contribution in [3.63, 3.8) is 0 Å². The Bertz CT molecular complexity index is 1330. The molecule has 2 aliphatic carbocycles. The van der Waals surface area contributed by atoms with Gasteiger partial charge in [-0.25, -0.2) is 9.18 Å². The first-order valence-electron chi connectivity index (χ1n) is 13.4. The number of aliphatic carboxylic acids is 1. The van der Waals surface area contributed by atoms with Crippen molar-refractivity contribution in [2.75, 3.05) is 18.5 Å². The fourth-order valence-corrected chi connectivity index (χ4v) is 5.82. The number of morpholine rings is 1. The van der Waals surface area contributed by atoms with Crippen LogP contribution in [0.25, 0.3) is 5.57 Å². The molecule has 1 heterocycles. The predicted molar refractivity (Wildman–Crippen MR) is 141 cm³/mol. The average Bonchev–Trinajstić information content (AvgIpc) is 2.93. The highest BCUT2D eigenvalue weighted by atomic mass is 19.4. The Kier molecular flexibility index (Phi) is 7.87. The monoisotopic (exact) mass is 558 g/mol. The van der Waals surface area contributed by atoms with Crippen LogP contribution in [0.5, 0.6) is 0 Å². The van der Waals surface area contributed by atoms with E-state index >= 15 is 0 Å². The quantitative estimate of drug-likeness (QED) is 0.381. The third-order valence-electron chi connectivity index (χ3n) is 7.99. The number of carboxylic acid groups (broad SMARTS) is 1. The molecule has 1 atom stereocenters. The topological polar surface area (TPSA) is 78.9 Å². The molecule has 0 aromatic heterocycles. The number of urea groups is 1. The van der Waals surface area contributed by atoms with Crippen LogP contribution in [0.4, 0.5) is 28.0 Å². The number of hydrogen-bond donors (Lipinski definition) is 2. The van der Waals surface area contributed by atoms with Gasteiger partial charge in [-0.1, -0.05) is 30.3 Å². The van der Waals surface area contributed by atoms with Gasteiger partial charge in [-0.05, 0) is 84.9 Å². The van der Waals surface area contributed by atoms with E-state index < -0.39 is 41.3 Å². The van der Waals surface area contributed by atoms with Crippen LogP contribution in [0.15, 0.2) is 60.4 Å². The second-order valence-corrected chi connectivity index (χ2v) is 10.6. The van der Waals surface area contributed by atoms with Crippen molar-refractivity contribution in [1.29, 1.82) is 0 Å². The highest BCUT2D eigenvalue weighted by Gasteiger charge is 2.35. The number of anilines is 1. The Hall–Kier alpha value is -3.82. The molecule has 2 aromatic carbocycles. The van der Waals surface area contributed by atoms with Crippen LogP contribution < -0.4 is 5.32 Å². The summed E-state index contributed by atoms with van der Waals surface area (Å²) in [7, 11) is 0. The maximum absolute atomic E-state index is 14.2. The van der Waals surface area contributed by atoms with Crippen LogP contribution in [0, 0.1) is 11.7 Å². The molecule has 3 aliphatic rings. The molecule has 1 unspecified atom stereocenters. The summed E-state index contributed by atoms with van der Waals surface area (Å²) in [6, 6.07) is 9.07. The van der Waals surface area contributed by atoms with E-state index in [1.54, 1.807) is 0 Å². The molecule has 0 bridgehead atoms. The summed E-state index contributed by atoms with van der Waals surface area (Å²) < 4.78 is 59.2. The number of benzene rings is 2. The third-order valence-corrected chi connectivity index (χ3v) is 7.99. The molecule has 0 spiro atoms. The van der Waals surface area contributed by atoms with Crippen LogP contribution in [-0.2, 0) is 15.7 Å². The molecule has 2 amide bonds. The predicted octanol–water partition coefficient (Wildman–Crippen LogP) is 7.20. The van der Waals surface area contributed by atoms with Gasteiger partial charge in [-0.2, -0.15) is 13.2 Å². The van der Waals surface area contributed by atoms with Crippen LogP contribution in [0.2, 0.25) is 0 Å². The smallest absolute Gasteiger partial charge is 0.416 e. The third kappa shape index (κ3) is 6.16. The lowest BCUT2D eigenvalue weighted by molar-refractivity contribution is -0.139. The number of fused-ring (bicyclic) bond motifs is 1. The number of allylic oxidation sites excluding steroid dienone is 2. The molecule has 212 valence electrons. The molecule has 2 aromatic rings. The van der Waals surface area contributed by atoms with E-state index in [2.05, 4.69) is 17.4 Å². The minimum atomic E-state index is -4.66. The maximum Gasteiger partial charge on any atom is 0.416 e. The van der Waals surface area contributed by atoms with Gasteiger partial charge >= 0.3 is 18.2 Å². The van der Waals surface area contributed by atoms with Crippen LogP contribution in [0.3, 0.4) is 0 Å². The largest absolute Gasteiger partial charge is 0.494 e. The summed E-state index contributed by atoms with van der Waals surface area (Å²) >= 11 is 0. The lowest BCUT2D eigenvalue weighted by Gasteiger charge is -2.38. The molecule has 1 aliphatic heterocycles. The van der Waals surface area contributed by atoms with Crippen molar-refractivity contribution >= 4 is 23.3 Å². The van der Waals surface area contributed by atoms with Crippen molar-refractivity contribution in [3.05, 3.63) is 82.9 Å². The molecular weight excluding hydrogens is 528 g/mol. The first kappa shape index (κ1) is 27.7. The SMILES string of the molecule is O=C(O)CC1CCC(c2ccc(C3=CCC4C(=C3)OCCN4C(=O)Nc3cc(C(F)(F)F)ccc3F)cc2)CC1. The molecule has 2 N–H and O–H groups in total. The van der Waals surface area contributed by atoms with E-state index in [9.17, 15) is 27.2 Å². The number of carbonyl (C=O) groups excluding carboxylic acids is 1. The summed E-state index contributed by atoms with van der Waals surface area (Å²) in [5.74, 6) is -0.448. The van der Waals surface area contributed by atoms with Gasteiger partial charge in [0.05, 0.1) is 23.8 Å². The number of ether oxygens (including phenoxy) is 1. The first-order valence-corrected chi connectivity index (χ1v) is 13.4. The molecule has 1 saturated heterocycles. The molecular formula is C30H30F4N2O4. The molecule has 10 heteroatoms. The van der Waals surface area contributed by atoms with Crippen LogP contribution >= 0.6 is 0 Å². The average molecular weight is 559 g/mol. The summed E-state index contributed by atoms with van der Waals surface area (Å²) in [5.41, 5.74) is 1.59. The van der Waals surface area contributed by atoms with Crippen molar-refractivity contribution in [2.24, 2.45) is 5.92 Å². The fraction of sp³-hybridized carbons (Fsp3) is 0.400. The van der Waals surface area contributed by atoms with Gasteiger partial charge in [-0.3, -0.25) is 4.79 Å².